The molecule has 0 bridgehead atoms. The van der Waals surface area contributed by atoms with Crippen LogP contribution in [0.4, 0.5) is 0 Å². The van der Waals surface area contributed by atoms with Gasteiger partial charge in [-0.05, 0) is 79.9 Å². The number of carbonyl (C=O) groups excluding carboxylic acids is 1. The highest BCUT2D eigenvalue weighted by Crippen LogP contribution is 2.71. The van der Waals surface area contributed by atoms with Crippen molar-refractivity contribution >= 4 is 5.78 Å². The molecule has 30 heavy (non-hydrogen) atoms. The van der Waals surface area contributed by atoms with Gasteiger partial charge < -0.3 is 9.84 Å². The number of benzene rings is 1. The molecule has 0 radical (unpaired) electrons. The second-order valence-corrected chi connectivity index (χ2v) is 12.1. The molecule has 5 rings (SSSR count). The molecule has 4 aliphatic rings. The molecule has 1 spiro atoms. The third kappa shape index (κ3) is 2.30. The third-order valence-corrected chi connectivity index (χ3v) is 10.5. The van der Waals surface area contributed by atoms with Crippen molar-refractivity contribution in [3.63, 3.8) is 0 Å². The van der Waals surface area contributed by atoms with Crippen molar-refractivity contribution in [1.29, 1.82) is 0 Å². The van der Waals surface area contributed by atoms with Gasteiger partial charge >= 0.3 is 0 Å². The molecule has 164 valence electrons. The van der Waals surface area contributed by atoms with Crippen molar-refractivity contribution in [2.45, 2.75) is 92.1 Å². The van der Waals surface area contributed by atoms with Gasteiger partial charge in [-0.3, -0.25) is 4.79 Å². The van der Waals surface area contributed by atoms with Crippen LogP contribution in [0.5, 0.6) is 11.5 Å². The van der Waals surface area contributed by atoms with Crippen LogP contribution in [0.25, 0.3) is 0 Å². The van der Waals surface area contributed by atoms with E-state index < -0.39 is 0 Å². The summed E-state index contributed by atoms with van der Waals surface area (Å²) in [5, 5.41) is 10.2. The Hall–Kier alpha value is -1.51. The number of Topliss-reactive ketones (excluding diaryl/α,β-unsaturated/α-hetero) is 1. The molecule has 0 unspecified atom stereocenters. The van der Waals surface area contributed by atoms with Gasteiger partial charge in [-0.1, -0.05) is 34.6 Å². The Morgan fingerprint density at radius 3 is 2.50 bits per heavy atom. The molecule has 0 aromatic heterocycles. The summed E-state index contributed by atoms with van der Waals surface area (Å²) in [6.45, 7) is 13.8. The number of rotatable bonds is 0. The van der Waals surface area contributed by atoms with Crippen LogP contribution in [0.1, 0.15) is 84.3 Å². The van der Waals surface area contributed by atoms with E-state index in [1.54, 1.807) is 0 Å². The van der Waals surface area contributed by atoms with Crippen molar-refractivity contribution in [3.8, 4) is 11.5 Å². The number of aromatic hydroxyl groups is 1. The Balaban J connectivity index is 1.60. The molecule has 1 aromatic carbocycles. The number of hydrogen-bond donors (Lipinski definition) is 1. The molecule has 1 aliphatic heterocycles. The van der Waals surface area contributed by atoms with Gasteiger partial charge in [0.25, 0.3) is 0 Å². The topological polar surface area (TPSA) is 46.5 Å². The Kier molecular flexibility index (Phi) is 4.11. The van der Waals surface area contributed by atoms with Gasteiger partial charge in [0, 0.05) is 29.2 Å². The zero-order valence-corrected chi connectivity index (χ0v) is 19.6. The predicted octanol–water partition coefficient (Wildman–Crippen LogP) is 6.23. The van der Waals surface area contributed by atoms with Gasteiger partial charge in [0.15, 0.2) is 0 Å². The number of hydrogen-bond acceptors (Lipinski definition) is 3. The van der Waals surface area contributed by atoms with Crippen LogP contribution in [0.2, 0.25) is 0 Å². The van der Waals surface area contributed by atoms with E-state index in [1.165, 1.54) is 18.4 Å². The highest BCUT2D eigenvalue weighted by Gasteiger charge is 2.69. The van der Waals surface area contributed by atoms with Crippen LogP contribution in [-0.2, 0) is 11.2 Å². The molecule has 1 N–H and O–H groups in total. The van der Waals surface area contributed by atoms with Crippen molar-refractivity contribution in [2.75, 3.05) is 0 Å². The maximum absolute atomic E-state index is 12.8. The van der Waals surface area contributed by atoms with Crippen molar-refractivity contribution < 1.29 is 14.6 Å². The van der Waals surface area contributed by atoms with Crippen LogP contribution in [0, 0.1) is 40.9 Å². The predicted molar refractivity (Wildman–Crippen MR) is 119 cm³/mol. The summed E-state index contributed by atoms with van der Waals surface area (Å²) in [5.41, 5.74) is 2.06. The molecule has 3 saturated carbocycles. The molecule has 0 saturated heterocycles. The largest absolute Gasteiger partial charge is 0.508 e. The fraction of sp³-hybridized carbons (Fsp3) is 0.741. The van der Waals surface area contributed by atoms with Crippen molar-refractivity contribution in [2.24, 2.45) is 34.0 Å². The molecule has 3 fully saturated rings. The Labute approximate surface area is 181 Å². The number of phenols is 1. The van der Waals surface area contributed by atoms with Crippen LogP contribution in [0.3, 0.4) is 0 Å². The number of phenolic OH excluding ortho intramolecular Hbond substituents is 1. The summed E-state index contributed by atoms with van der Waals surface area (Å²) in [7, 11) is 0. The Morgan fingerprint density at radius 1 is 1.03 bits per heavy atom. The SMILES string of the molecule is Cc1cc(O)cc2c1O[C@@]1(C2)[C@@H](C)CC[C@@H]2[C@@]3(C)CCC(=O)C(C)(C)[C@@H]3CC[C@]21C. The number of ether oxygens (including phenoxy) is 1. The van der Waals surface area contributed by atoms with Gasteiger partial charge in [0.2, 0.25) is 0 Å². The van der Waals surface area contributed by atoms with E-state index in [1.807, 2.05) is 12.1 Å². The van der Waals surface area contributed by atoms with Crippen LogP contribution < -0.4 is 4.74 Å². The summed E-state index contributed by atoms with van der Waals surface area (Å²) in [6, 6.07) is 3.76. The second-order valence-electron chi connectivity index (χ2n) is 12.1. The molecule has 1 heterocycles. The van der Waals surface area contributed by atoms with Crippen LogP contribution >= 0.6 is 0 Å². The first-order valence-corrected chi connectivity index (χ1v) is 12.0. The quantitative estimate of drug-likeness (QED) is 0.551. The van der Waals surface area contributed by atoms with E-state index >= 15 is 0 Å². The van der Waals surface area contributed by atoms with E-state index in [2.05, 4.69) is 41.5 Å². The van der Waals surface area contributed by atoms with Gasteiger partial charge in [-0.25, -0.2) is 0 Å². The van der Waals surface area contributed by atoms with Crippen LogP contribution in [-0.4, -0.2) is 16.5 Å². The molecule has 3 nitrogen and oxygen atoms in total. The second kappa shape index (κ2) is 6.04. The molecular weight excluding hydrogens is 372 g/mol. The number of ketones is 1. The highest BCUT2D eigenvalue weighted by molar-refractivity contribution is 5.85. The average Bonchev–Trinajstić information content (AvgIpc) is 3.05. The third-order valence-electron chi connectivity index (χ3n) is 10.5. The van der Waals surface area contributed by atoms with E-state index in [0.29, 0.717) is 29.3 Å². The minimum Gasteiger partial charge on any atom is -0.508 e. The molecule has 1 aromatic rings. The van der Waals surface area contributed by atoms with E-state index in [4.69, 9.17) is 4.74 Å². The first-order chi connectivity index (χ1) is 14.0. The van der Waals surface area contributed by atoms with Gasteiger partial charge in [0.05, 0.1) is 0 Å². The Morgan fingerprint density at radius 2 is 1.77 bits per heavy atom. The molecule has 6 atom stereocenters. The monoisotopic (exact) mass is 410 g/mol. The van der Waals surface area contributed by atoms with E-state index in [0.717, 1.165) is 43.4 Å². The summed E-state index contributed by atoms with van der Waals surface area (Å²) in [4.78, 5) is 12.8. The molecule has 0 amide bonds. The first-order valence-electron chi connectivity index (χ1n) is 12.0. The molecule has 3 aliphatic carbocycles. The zero-order valence-electron chi connectivity index (χ0n) is 19.6. The minimum absolute atomic E-state index is 0.0768. The van der Waals surface area contributed by atoms with Crippen molar-refractivity contribution in [3.05, 3.63) is 23.3 Å². The number of fused-ring (bicyclic) bond motifs is 5. The first kappa shape index (κ1) is 20.4. The molecule has 3 heteroatoms. The lowest BCUT2D eigenvalue weighted by molar-refractivity contribution is -0.222. The number of carbonyl (C=O) groups is 1. The standard InChI is InChI=1S/C27H38O3/c1-16-13-19(28)14-18-15-27(30-23(16)18)17(2)7-8-21-25(5)11-10-22(29)24(3,4)20(25)9-12-26(21,27)6/h13-14,17,20-21,28H,7-12,15H2,1-6H3/t17-,20-,21+,25-,26+,27-/m0/s1. The molecular formula is C27H38O3. The lowest BCUT2D eigenvalue weighted by Gasteiger charge is -2.68. The zero-order chi connectivity index (χ0) is 21.7. The maximum atomic E-state index is 12.8. The van der Waals surface area contributed by atoms with E-state index in [-0.39, 0.29) is 21.8 Å². The van der Waals surface area contributed by atoms with Crippen LogP contribution in [0.15, 0.2) is 12.1 Å². The Bertz CT molecular complexity index is 917. The summed E-state index contributed by atoms with van der Waals surface area (Å²) in [6.07, 6.45) is 7.30. The summed E-state index contributed by atoms with van der Waals surface area (Å²) >= 11 is 0. The van der Waals surface area contributed by atoms with E-state index in [9.17, 15) is 9.90 Å². The average molecular weight is 411 g/mol. The van der Waals surface area contributed by atoms with Gasteiger partial charge in [-0.15, -0.1) is 0 Å². The lowest BCUT2D eigenvalue weighted by atomic mass is 9.37. The smallest absolute Gasteiger partial charge is 0.138 e. The number of aryl methyl sites for hydroxylation is 1. The van der Waals surface area contributed by atoms with Gasteiger partial charge in [0.1, 0.15) is 22.9 Å². The fourth-order valence-corrected chi connectivity index (χ4v) is 8.92. The minimum atomic E-state index is -0.216. The fourth-order valence-electron chi connectivity index (χ4n) is 8.92. The lowest BCUT2D eigenvalue weighted by Crippen LogP contribution is -2.68. The van der Waals surface area contributed by atoms with Gasteiger partial charge in [-0.2, -0.15) is 0 Å². The maximum Gasteiger partial charge on any atom is 0.138 e. The summed E-state index contributed by atoms with van der Waals surface area (Å²) in [5.74, 6) is 3.32. The summed E-state index contributed by atoms with van der Waals surface area (Å²) < 4.78 is 7.03. The normalized spacial score (nSPS) is 44.2. The van der Waals surface area contributed by atoms with Crippen molar-refractivity contribution in [1.82, 2.24) is 0 Å². The highest BCUT2D eigenvalue weighted by atomic mass is 16.5.